The second-order valence-electron chi connectivity index (χ2n) is 5.60. The third-order valence-electron chi connectivity index (χ3n) is 4.03. The Hall–Kier alpha value is -1.33. The van der Waals surface area contributed by atoms with E-state index >= 15 is 0 Å². The first-order chi connectivity index (χ1) is 9.91. The average molecular weight is 298 g/mol. The van der Waals surface area contributed by atoms with Crippen molar-refractivity contribution in [2.24, 2.45) is 5.84 Å². The van der Waals surface area contributed by atoms with E-state index in [0.717, 1.165) is 30.9 Å². The summed E-state index contributed by atoms with van der Waals surface area (Å²) in [7, 11) is 0. The minimum absolute atomic E-state index is 0.142. The maximum absolute atomic E-state index is 12.7. The third-order valence-corrected chi connectivity index (χ3v) is 4.03. The van der Waals surface area contributed by atoms with Gasteiger partial charge in [0.1, 0.15) is 0 Å². The van der Waals surface area contributed by atoms with Gasteiger partial charge in [0.25, 0.3) is 0 Å². The Bertz CT molecular complexity index is 521. The van der Waals surface area contributed by atoms with E-state index in [1.54, 1.807) is 6.92 Å². The number of nitrogens with two attached hydrogens (primary N) is 1. The van der Waals surface area contributed by atoms with Gasteiger partial charge in [-0.1, -0.05) is 17.7 Å². The second kappa shape index (κ2) is 6.62. The highest BCUT2D eigenvalue weighted by atomic mass is 19.4. The van der Waals surface area contributed by atoms with Crippen LogP contribution in [0.25, 0.3) is 0 Å². The molecule has 21 heavy (non-hydrogen) atoms. The van der Waals surface area contributed by atoms with Crippen LogP contribution in [-0.4, -0.2) is 0 Å². The lowest BCUT2D eigenvalue weighted by Crippen LogP contribution is -2.29. The minimum Gasteiger partial charge on any atom is -0.271 e. The predicted octanol–water partition coefficient (Wildman–Crippen LogP) is 4.41. The number of aryl methyl sites for hydroxylation is 1. The number of nitrogens with one attached hydrogen (secondary N) is 1. The SMILES string of the molecule is Cc1cc(C(F)(F)F)ccc1C(CC1=CCCCC1)NN. The van der Waals surface area contributed by atoms with Gasteiger partial charge in [0.05, 0.1) is 5.56 Å². The van der Waals surface area contributed by atoms with Crippen LogP contribution in [0.15, 0.2) is 29.8 Å². The summed E-state index contributed by atoms with van der Waals surface area (Å²) in [6.45, 7) is 1.70. The highest BCUT2D eigenvalue weighted by Crippen LogP contribution is 2.33. The fraction of sp³-hybridized carbons (Fsp3) is 0.500. The van der Waals surface area contributed by atoms with Crippen LogP contribution < -0.4 is 11.3 Å². The smallest absolute Gasteiger partial charge is 0.271 e. The number of hydrogen-bond acceptors (Lipinski definition) is 2. The molecule has 0 saturated carbocycles. The van der Waals surface area contributed by atoms with Crippen molar-refractivity contribution in [2.75, 3.05) is 0 Å². The largest absolute Gasteiger partial charge is 0.416 e. The normalized spacial score (nSPS) is 17.5. The molecule has 0 heterocycles. The lowest BCUT2D eigenvalue weighted by Gasteiger charge is -2.22. The van der Waals surface area contributed by atoms with Crippen molar-refractivity contribution in [1.82, 2.24) is 5.43 Å². The molecule has 0 bridgehead atoms. The Balaban J connectivity index is 2.20. The predicted molar refractivity (Wildman–Crippen MR) is 77.4 cm³/mol. The van der Waals surface area contributed by atoms with Crippen molar-refractivity contribution in [1.29, 1.82) is 0 Å². The van der Waals surface area contributed by atoms with Gasteiger partial charge in [-0.2, -0.15) is 13.2 Å². The molecule has 1 aliphatic carbocycles. The second-order valence-corrected chi connectivity index (χ2v) is 5.60. The van der Waals surface area contributed by atoms with Gasteiger partial charge in [-0.25, -0.2) is 0 Å². The Morgan fingerprint density at radius 1 is 1.29 bits per heavy atom. The Morgan fingerprint density at radius 2 is 2.05 bits per heavy atom. The quantitative estimate of drug-likeness (QED) is 0.491. The van der Waals surface area contributed by atoms with E-state index < -0.39 is 11.7 Å². The first-order valence-corrected chi connectivity index (χ1v) is 7.23. The van der Waals surface area contributed by atoms with Crippen molar-refractivity contribution < 1.29 is 13.2 Å². The fourth-order valence-electron chi connectivity index (χ4n) is 2.85. The molecule has 0 radical (unpaired) electrons. The maximum atomic E-state index is 12.7. The average Bonchev–Trinajstić information content (AvgIpc) is 2.45. The molecule has 1 aromatic rings. The summed E-state index contributed by atoms with van der Waals surface area (Å²) in [5, 5.41) is 0. The Morgan fingerprint density at radius 3 is 2.57 bits per heavy atom. The fourth-order valence-corrected chi connectivity index (χ4v) is 2.85. The van der Waals surface area contributed by atoms with E-state index in [2.05, 4.69) is 11.5 Å². The van der Waals surface area contributed by atoms with Gasteiger partial charge in [0, 0.05) is 6.04 Å². The molecule has 1 aromatic carbocycles. The van der Waals surface area contributed by atoms with Crippen LogP contribution >= 0.6 is 0 Å². The van der Waals surface area contributed by atoms with Crippen molar-refractivity contribution in [3.05, 3.63) is 46.5 Å². The van der Waals surface area contributed by atoms with Crippen molar-refractivity contribution in [3.8, 4) is 0 Å². The molecule has 0 fully saturated rings. The number of benzene rings is 1. The molecular weight excluding hydrogens is 277 g/mol. The van der Waals surface area contributed by atoms with Crippen LogP contribution in [-0.2, 0) is 6.18 Å². The molecule has 116 valence electrons. The molecule has 0 aliphatic heterocycles. The van der Waals surface area contributed by atoms with Gasteiger partial charge < -0.3 is 0 Å². The highest BCUT2D eigenvalue weighted by molar-refractivity contribution is 5.35. The van der Waals surface area contributed by atoms with Crippen LogP contribution in [0.3, 0.4) is 0 Å². The van der Waals surface area contributed by atoms with E-state index in [4.69, 9.17) is 5.84 Å². The van der Waals surface area contributed by atoms with Crippen LogP contribution in [0.5, 0.6) is 0 Å². The van der Waals surface area contributed by atoms with Gasteiger partial charge in [0.15, 0.2) is 0 Å². The van der Waals surface area contributed by atoms with E-state index in [1.807, 2.05) is 0 Å². The topological polar surface area (TPSA) is 38.0 Å². The Labute approximate surface area is 123 Å². The summed E-state index contributed by atoms with van der Waals surface area (Å²) >= 11 is 0. The molecule has 1 atom stereocenters. The van der Waals surface area contributed by atoms with E-state index in [0.29, 0.717) is 5.56 Å². The van der Waals surface area contributed by atoms with E-state index in [1.165, 1.54) is 30.5 Å². The molecule has 0 saturated heterocycles. The van der Waals surface area contributed by atoms with Crippen LogP contribution in [0.2, 0.25) is 0 Å². The van der Waals surface area contributed by atoms with E-state index in [-0.39, 0.29) is 6.04 Å². The Kier molecular flexibility index (Phi) is 5.06. The standard InChI is InChI=1S/C16H21F3N2/c1-11-9-13(16(17,18)19)7-8-14(11)15(21-20)10-12-5-3-2-4-6-12/h5,7-9,15,21H,2-4,6,10,20H2,1H3. The molecule has 1 aliphatic rings. The summed E-state index contributed by atoms with van der Waals surface area (Å²) in [6.07, 6.45) is 3.20. The molecular formula is C16H21F3N2. The highest BCUT2D eigenvalue weighted by Gasteiger charge is 2.31. The van der Waals surface area contributed by atoms with Gasteiger partial charge in [-0.15, -0.1) is 0 Å². The zero-order valence-electron chi connectivity index (χ0n) is 12.1. The summed E-state index contributed by atoms with van der Waals surface area (Å²) in [4.78, 5) is 0. The molecule has 2 rings (SSSR count). The lowest BCUT2D eigenvalue weighted by atomic mass is 9.90. The maximum Gasteiger partial charge on any atom is 0.416 e. The first kappa shape index (κ1) is 16.0. The van der Waals surface area contributed by atoms with Crippen molar-refractivity contribution >= 4 is 0 Å². The van der Waals surface area contributed by atoms with Gasteiger partial charge in [-0.3, -0.25) is 11.3 Å². The summed E-state index contributed by atoms with van der Waals surface area (Å²) < 4.78 is 38.1. The zero-order chi connectivity index (χ0) is 15.5. The van der Waals surface area contributed by atoms with Crippen LogP contribution in [0, 0.1) is 6.92 Å². The molecule has 3 N–H and O–H groups in total. The lowest BCUT2D eigenvalue weighted by molar-refractivity contribution is -0.137. The molecule has 2 nitrogen and oxygen atoms in total. The number of alkyl halides is 3. The summed E-state index contributed by atoms with van der Waals surface area (Å²) in [6, 6.07) is 3.71. The first-order valence-electron chi connectivity index (χ1n) is 7.23. The van der Waals surface area contributed by atoms with Crippen LogP contribution in [0.4, 0.5) is 13.2 Å². The van der Waals surface area contributed by atoms with Gasteiger partial charge >= 0.3 is 6.18 Å². The van der Waals surface area contributed by atoms with Gasteiger partial charge in [-0.05, 0) is 62.3 Å². The number of allylic oxidation sites excluding steroid dienone is 1. The third kappa shape index (κ3) is 4.08. The molecule has 0 aromatic heterocycles. The zero-order valence-corrected chi connectivity index (χ0v) is 12.1. The number of halogens is 3. The monoisotopic (exact) mass is 298 g/mol. The number of rotatable bonds is 4. The molecule has 5 heteroatoms. The van der Waals surface area contributed by atoms with E-state index in [9.17, 15) is 13.2 Å². The molecule has 0 spiro atoms. The minimum atomic E-state index is -4.30. The number of hydrazine groups is 1. The summed E-state index contributed by atoms with van der Waals surface area (Å²) in [5.41, 5.74) is 4.91. The molecule has 1 unspecified atom stereocenters. The van der Waals surface area contributed by atoms with Crippen molar-refractivity contribution in [3.63, 3.8) is 0 Å². The van der Waals surface area contributed by atoms with Crippen LogP contribution in [0.1, 0.15) is 54.8 Å². The molecule has 0 amide bonds. The number of hydrogen-bond donors (Lipinski definition) is 2. The summed E-state index contributed by atoms with van der Waals surface area (Å²) in [5.74, 6) is 5.62. The van der Waals surface area contributed by atoms with Crippen molar-refractivity contribution in [2.45, 2.75) is 51.2 Å². The van der Waals surface area contributed by atoms with Gasteiger partial charge in [0.2, 0.25) is 0 Å².